The van der Waals surface area contributed by atoms with Crippen LogP contribution < -0.4 is 0 Å². The Hall–Kier alpha value is -0.835. The van der Waals surface area contributed by atoms with E-state index in [-0.39, 0.29) is 15.9 Å². The Balaban J connectivity index is 2.30. The van der Waals surface area contributed by atoms with E-state index >= 15 is 0 Å². The van der Waals surface area contributed by atoms with Gasteiger partial charge >= 0.3 is 13.3 Å². The Morgan fingerprint density at radius 3 is 2.32 bits per heavy atom. The molecule has 1 aromatic heterocycles. The molecule has 0 aliphatic carbocycles. The van der Waals surface area contributed by atoms with E-state index in [1.165, 1.54) is 13.0 Å². The molecule has 10 heteroatoms. The predicted molar refractivity (Wildman–Crippen MR) is 94.3 cm³/mol. The number of thioether (sulfide) groups is 1. The van der Waals surface area contributed by atoms with Crippen LogP contribution in [0.1, 0.15) is 45.3 Å². The molecule has 2 rings (SSSR count). The standard InChI is InChI=1S/C15H19BF3NO3S2/c1-9(21)24-7-10(16-22-13(2,3)14(4,5)23-16)6-12-20-11(8-25-12)15(17,18)19/h6,8H,7H2,1-5H3. The number of hydrogen-bond donors (Lipinski definition) is 0. The molecule has 0 atom stereocenters. The van der Waals surface area contributed by atoms with Gasteiger partial charge in [-0.15, -0.1) is 11.3 Å². The molecule has 0 amide bonds. The molecule has 1 fully saturated rings. The first-order valence-electron chi connectivity index (χ1n) is 7.54. The van der Waals surface area contributed by atoms with E-state index in [2.05, 4.69) is 4.98 Å². The largest absolute Gasteiger partial charge is 0.491 e. The lowest BCUT2D eigenvalue weighted by Crippen LogP contribution is -2.41. The van der Waals surface area contributed by atoms with Crippen LogP contribution in [0.3, 0.4) is 0 Å². The summed E-state index contributed by atoms with van der Waals surface area (Å²) < 4.78 is 50.1. The van der Waals surface area contributed by atoms with Crippen LogP contribution >= 0.6 is 23.1 Å². The fourth-order valence-corrected chi connectivity index (χ4v) is 3.38. The Morgan fingerprint density at radius 1 is 1.32 bits per heavy atom. The molecule has 1 aliphatic rings. The Kier molecular flexibility index (Phi) is 5.78. The average Bonchev–Trinajstić information content (AvgIpc) is 2.97. The van der Waals surface area contributed by atoms with Crippen molar-refractivity contribution < 1.29 is 27.3 Å². The minimum absolute atomic E-state index is 0.0995. The smallest absolute Gasteiger partial charge is 0.400 e. The molecular weight excluding hydrogens is 374 g/mol. The molecule has 4 nitrogen and oxygen atoms in total. The summed E-state index contributed by atoms with van der Waals surface area (Å²) >= 11 is 1.93. The predicted octanol–water partition coefficient (Wildman–Crippen LogP) is 4.46. The molecule has 1 saturated heterocycles. The van der Waals surface area contributed by atoms with Crippen molar-refractivity contribution in [2.45, 2.75) is 52.0 Å². The van der Waals surface area contributed by atoms with Crippen LogP contribution in [-0.2, 0) is 20.3 Å². The lowest BCUT2D eigenvalue weighted by atomic mass is 9.79. The van der Waals surface area contributed by atoms with Crippen LogP contribution in [0.2, 0.25) is 0 Å². The third-order valence-electron chi connectivity index (χ3n) is 4.12. The number of nitrogens with zero attached hydrogens (tertiary/aromatic N) is 1. The van der Waals surface area contributed by atoms with Crippen molar-refractivity contribution in [3.8, 4) is 0 Å². The molecule has 0 aromatic carbocycles. The average molecular weight is 393 g/mol. The first-order valence-corrected chi connectivity index (χ1v) is 9.40. The quantitative estimate of drug-likeness (QED) is 0.708. The van der Waals surface area contributed by atoms with Gasteiger partial charge < -0.3 is 9.31 Å². The summed E-state index contributed by atoms with van der Waals surface area (Å²) in [6, 6.07) is 0. The summed E-state index contributed by atoms with van der Waals surface area (Å²) in [5.74, 6) is 0.257. The summed E-state index contributed by atoms with van der Waals surface area (Å²) in [7, 11) is -0.741. The summed E-state index contributed by atoms with van der Waals surface area (Å²) in [4.78, 5) is 14.9. The SMILES string of the molecule is CC(=O)SCC(=Cc1nc(C(F)(F)F)cs1)B1OC(C)(C)C(C)(C)O1. The molecule has 1 aliphatic heterocycles. The van der Waals surface area contributed by atoms with Crippen molar-refractivity contribution in [3.05, 3.63) is 21.6 Å². The zero-order valence-electron chi connectivity index (χ0n) is 14.6. The highest BCUT2D eigenvalue weighted by atomic mass is 32.2. The van der Waals surface area contributed by atoms with Gasteiger partial charge in [-0.1, -0.05) is 11.8 Å². The maximum Gasteiger partial charge on any atom is 0.491 e. The fraction of sp³-hybridized carbons (Fsp3) is 0.600. The maximum absolute atomic E-state index is 12.7. The zero-order chi connectivity index (χ0) is 19.0. The monoisotopic (exact) mass is 393 g/mol. The normalized spacial score (nSPS) is 20.2. The van der Waals surface area contributed by atoms with E-state index in [1.807, 2.05) is 27.7 Å². The first kappa shape index (κ1) is 20.5. The first-order chi connectivity index (χ1) is 11.3. The summed E-state index contributed by atoms with van der Waals surface area (Å²) in [6.45, 7) is 8.96. The van der Waals surface area contributed by atoms with E-state index in [0.29, 0.717) is 5.47 Å². The number of carbonyl (C=O) groups excluding carboxylic acids is 1. The second-order valence-corrected chi connectivity index (χ2v) is 8.70. The van der Waals surface area contributed by atoms with Crippen molar-refractivity contribution in [2.75, 3.05) is 5.75 Å². The molecule has 0 spiro atoms. The third-order valence-corrected chi connectivity index (χ3v) is 5.80. The van der Waals surface area contributed by atoms with Crippen molar-refractivity contribution in [2.24, 2.45) is 0 Å². The highest BCUT2D eigenvalue weighted by Crippen LogP contribution is 2.39. The van der Waals surface area contributed by atoms with Crippen molar-refractivity contribution in [1.82, 2.24) is 4.98 Å². The van der Waals surface area contributed by atoms with Crippen LogP contribution in [0.4, 0.5) is 13.2 Å². The van der Waals surface area contributed by atoms with Gasteiger partial charge in [-0.3, -0.25) is 4.79 Å². The van der Waals surface area contributed by atoms with Crippen LogP contribution in [0.25, 0.3) is 6.08 Å². The molecule has 0 saturated carbocycles. The summed E-state index contributed by atoms with van der Waals surface area (Å²) in [6.07, 6.45) is -2.97. The molecule has 1 aromatic rings. The molecular formula is C15H19BF3NO3S2. The highest BCUT2D eigenvalue weighted by molar-refractivity contribution is 8.13. The Morgan fingerprint density at radius 2 is 1.88 bits per heavy atom. The molecule has 0 N–H and O–H groups in total. The van der Waals surface area contributed by atoms with Crippen LogP contribution in [0.15, 0.2) is 10.9 Å². The van der Waals surface area contributed by atoms with Gasteiger partial charge in [0.2, 0.25) is 0 Å². The molecule has 25 heavy (non-hydrogen) atoms. The van der Waals surface area contributed by atoms with Crippen molar-refractivity contribution >= 4 is 41.4 Å². The number of aromatic nitrogens is 1. The number of hydrogen-bond acceptors (Lipinski definition) is 6. The lowest BCUT2D eigenvalue weighted by Gasteiger charge is -2.32. The minimum atomic E-state index is -4.48. The van der Waals surface area contributed by atoms with E-state index in [1.54, 1.807) is 0 Å². The highest BCUT2D eigenvalue weighted by Gasteiger charge is 2.52. The number of rotatable bonds is 4. The van der Waals surface area contributed by atoms with Gasteiger partial charge in [-0.05, 0) is 39.2 Å². The van der Waals surface area contributed by atoms with Crippen molar-refractivity contribution in [1.29, 1.82) is 0 Å². The Bertz CT molecular complexity index is 670. The molecule has 0 radical (unpaired) electrons. The summed E-state index contributed by atoms with van der Waals surface area (Å²) in [5.41, 5.74) is -1.53. The number of carbonyl (C=O) groups is 1. The second-order valence-electron chi connectivity index (χ2n) is 6.66. The number of thiazole rings is 1. The van der Waals surface area contributed by atoms with E-state index in [0.717, 1.165) is 28.5 Å². The van der Waals surface area contributed by atoms with Gasteiger partial charge in [-0.2, -0.15) is 13.2 Å². The topological polar surface area (TPSA) is 48.4 Å². The van der Waals surface area contributed by atoms with Crippen molar-refractivity contribution in [3.63, 3.8) is 0 Å². The molecule has 0 unspecified atom stereocenters. The minimum Gasteiger partial charge on any atom is -0.400 e. The van der Waals surface area contributed by atoms with Gasteiger partial charge in [-0.25, -0.2) is 4.98 Å². The van der Waals surface area contributed by atoms with E-state index in [9.17, 15) is 18.0 Å². The zero-order valence-corrected chi connectivity index (χ0v) is 16.2. The number of halogens is 3. The molecule has 0 bridgehead atoms. The second kappa shape index (κ2) is 7.05. The Labute approximate surface area is 153 Å². The van der Waals surface area contributed by atoms with Crippen LogP contribution in [-0.4, -0.2) is 34.2 Å². The maximum atomic E-state index is 12.7. The summed E-state index contributed by atoms with van der Waals surface area (Å²) in [5, 5.41) is 1.06. The van der Waals surface area contributed by atoms with Crippen LogP contribution in [0.5, 0.6) is 0 Å². The van der Waals surface area contributed by atoms with Gasteiger partial charge in [0.1, 0.15) is 5.01 Å². The van der Waals surface area contributed by atoms with Gasteiger partial charge in [0, 0.05) is 18.1 Å². The molecule has 2 heterocycles. The van der Waals surface area contributed by atoms with E-state index in [4.69, 9.17) is 9.31 Å². The third kappa shape index (κ3) is 4.87. The van der Waals surface area contributed by atoms with Gasteiger partial charge in [0.15, 0.2) is 10.8 Å². The fourth-order valence-electron chi connectivity index (χ4n) is 2.00. The number of alkyl halides is 3. The molecule has 138 valence electrons. The van der Waals surface area contributed by atoms with Crippen LogP contribution in [0, 0.1) is 0 Å². The van der Waals surface area contributed by atoms with Gasteiger partial charge in [0.05, 0.1) is 11.2 Å². The lowest BCUT2D eigenvalue weighted by molar-refractivity contribution is -0.140. The van der Waals surface area contributed by atoms with Gasteiger partial charge in [0.25, 0.3) is 0 Å². The van der Waals surface area contributed by atoms with E-state index < -0.39 is 30.2 Å².